The first kappa shape index (κ1) is 14.7. The molecule has 0 aromatic heterocycles. The van der Waals surface area contributed by atoms with Crippen LogP contribution in [0.25, 0.3) is 11.1 Å². The minimum Gasteiger partial charge on any atom is -0.744 e. The number of rotatable bonds is 3. The Hall–Kier alpha value is -1.74. The van der Waals surface area contributed by atoms with Crippen molar-refractivity contribution in [3.8, 4) is 11.1 Å². The lowest BCUT2D eigenvalue weighted by atomic mass is 10.1. The second-order valence-electron chi connectivity index (χ2n) is 3.96. The average Bonchev–Trinajstić information content (AvgIpc) is 2.37. The van der Waals surface area contributed by atoms with Crippen LogP contribution in [0.1, 0.15) is 0 Å². The zero-order valence-corrected chi connectivity index (χ0v) is 11.5. The summed E-state index contributed by atoms with van der Waals surface area (Å²) in [5.74, 6) is 0. The Labute approximate surface area is 116 Å². The van der Waals surface area contributed by atoms with Gasteiger partial charge in [-0.25, -0.2) is 16.8 Å². The lowest BCUT2D eigenvalue weighted by Gasteiger charge is -2.11. The molecule has 0 bridgehead atoms. The van der Waals surface area contributed by atoms with Crippen molar-refractivity contribution >= 4 is 20.2 Å². The molecule has 0 atom stereocenters. The summed E-state index contributed by atoms with van der Waals surface area (Å²) in [6.07, 6.45) is 0. The molecule has 0 aliphatic rings. The maximum absolute atomic E-state index is 10.9. The fourth-order valence-corrected chi connectivity index (χ4v) is 2.70. The molecule has 0 amide bonds. The van der Waals surface area contributed by atoms with Crippen LogP contribution in [0.15, 0.2) is 58.3 Å². The maximum atomic E-state index is 10.9. The predicted molar refractivity (Wildman–Crippen MR) is 67.8 cm³/mol. The molecule has 2 rings (SSSR count). The molecule has 0 saturated carbocycles. The number of benzene rings is 2. The van der Waals surface area contributed by atoms with E-state index < -0.39 is 30.0 Å². The van der Waals surface area contributed by atoms with Gasteiger partial charge in [-0.3, -0.25) is 0 Å². The molecule has 20 heavy (non-hydrogen) atoms. The van der Waals surface area contributed by atoms with Gasteiger partial charge in [0, 0.05) is 0 Å². The van der Waals surface area contributed by atoms with Gasteiger partial charge in [0.15, 0.2) is 0 Å². The highest BCUT2D eigenvalue weighted by molar-refractivity contribution is 7.86. The second-order valence-corrected chi connectivity index (χ2v) is 6.72. The van der Waals surface area contributed by atoms with Gasteiger partial charge in [-0.1, -0.05) is 24.3 Å². The van der Waals surface area contributed by atoms with Gasteiger partial charge in [0.2, 0.25) is 0 Å². The van der Waals surface area contributed by atoms with E-state index in [0.29, 0.717) is 11.1 Å². The van der Waals surface area contributed by atoms with Crippen molar-refractivity contribution in [2.24, 2.45) is 0 Å². The maximum Gasteiger partial charge on any atom is 0.124 e. The van der Waals surface area contributed by atoms with E-state index in [0.717, 1.165) is 24.3 Å². The molecule has 0 aliphatic carbocycles. The van der Waals surface area contributed by atoms with E-state index >= 15 is 0 Å². The van der Waals surface area contributed by atoms with Crippen molar-refractivity contribution < 1.29 is 25.9 Å². The number of hydrogen-bond donors (Lipinski definition) is 0. The minimum absolute atomic E-state index is 0.326. The van der Waals surface area contributed by atoms with Crippen LogP contribution in [0.3, 0.4) is 0 Å². The first-order valence-electron chi connectivity index (χ1n) is 5.30. The molecule has 0 spiro atoms. The van der Waals surface area contributed by atoms with Gasteiger partial charge in [0.1, 0.15) is 20.2 Å². The van der Waals surface area contributed by atoms with Crippen molar-refractivity contribution in [3.63, 3.8) is 0 Å². The second kappa shape index (κ2) is 4.98. The molecule has 0 radical (unpaired) electrons. The first-order valence-corrected chi connectivity index (χ1v) is 8.12. The summed E-state index contributed by atoms with van der Waals surface area (Å²) in [6, 6.07) is 10.3. The third-order valence-electron chi connectivity index (χ3n) is 2.58. The van der Waals surface area contributed by atoms with Crippen LogP contribution < -0.4 is 0 Å². The van der Waals surface area contributed by atoms with Crippen LogP contribution in [0, 0.1) is 0 Å². The van der Waals surface area contributed by atoms with Gasteiger partial charge in [-0.2, -0.15) is 0 Å². The molecular formula is C12H8O6S2-2. The Morgan fingerprint density at radius 2 is 1.00 bits per heavy atom. The zero-order valence-electron chi connectivity index (χ0n) is 9.88. The Morgan fingerprint density at radius 3 is 1.30 bits per heavy atom. The van der Waals surface area contributed by atoms with Gasteiger partial charge in [0.05, 0.1) is 9.79 Å². The fraction of sp³-hybridized carbons (Fsp3) is 0. The largest absolute Gasteiger partial charge is 0.744 e. The van der Waals surface area contributed by atoms with Crippen molar-refractivity contribution in [1.29, 1.82) is 0 Å². The van der Waals surface area contributed by atoms with E-state index in [1.54, 1.807) is 0 Å². The third kappa shape index (κ3) is 3.23. The van der Waals surface area contributed by atoms with Gasteiger partial charge in [-0.05, 0) is 35.4 Å². The SMILES string of the molecule is O=S(=O)([O-])c1cccc(-c2cccc(S(=O)(=O)[O-])c2)c1. The summed E-state index contributed by atoms with van der Waals surface area (Å²) in [5.41, 5.74) is 0.653. The molecule has 2 aromatic carbocycles. The molecule has 0 saturated heterocycles. The molecule has 0 heterocycles. The van der Waals surface area contributed by atoms with Crippen molar-refractivity contribution in [2.45, 2.75) is 9.79 Å². The predicted octanol–water partition coefficient (Wildman–Crippen LogP) is 1.16. The Kier molecular flexibility index (Phi) is 3.65. The van der Waals surface area contributed by atoms with Crippen LogP contribution in [0.5, 0.6) is 0 Å². The highest BCUT2D eigenvalue weighted by Gasteiger charge is 2.07. The Bertz CT molecular complexity index is 780. The van der Waals surface area contributed by atoms with Crippen LogP contribution in [-0.2, 0) is 20.2 Å². The van der Waals surface area contributed by atoms with Crippen LogP contribution in [-0.4, -0.2) is 25.9 Å². The summed E-state index contributed by atoms with van der Waals surface area (Å²) in [7, 11) is -9.20. The fourth-order valence-electron chi connectivity index (χ4n) is 1.66. The van der Waals surface area contributed by atoms with Crippen LogP contribution >= 0.6 is 0 Å². The summed E-state index contributed by atoms with van der Waals surface area (Å²) >= 11 is 0. The van der Waals surface area contributed by atoms with Gasteiger partial charge < -0.3 is 9.11 Å². The van der Waals surface area contributed by atoms with Crippen LogP contribution in [0.4, 0.5) is 0 Å². The van der Waals surface area contributed by atoms with Gasteiger partial charge >= 0.3 is 0 Å². The van der Waals surface area contributed by atoms with E-state index in [4.69, 9.17) is 0 Å². The molecule has 0 N–H and O–H groups in total. The zero-order chi connectivity index (χ0) is 15.0. The quantitative estimate of drug-likeness (QED) is 0.785. The van der Waals surface area contributed by atoms with Crippen molar-refractivity contribution in [1.82, 2.24) is 0 Å². The molecule has 106 valence electrons. The minimum atomic E-state index is -4.60. The summed E-state index contributed by atoms with van der Waals surface area (Å²) in [4.78, 5) is -0.851. The third-order valence-corrected chi connectivity index (χ3v) is 4.24. The van der Waals surface area contributed by atoms with E-state index in [1.807, 2.05) is 0 Å². The van der Waals surface area contributed by atoms with E-state index in [9.17, 15) is 25.9 Å². The van der Waals surface area contributed by atoms with Crippen LogP contribution in [0.2, 0.25) is 0 Å². The molecule has 0 fully saturated rings. The summed E-state index contributed by atoms with van der Waals surface area (Å²) < 4.78 is 65.6. The molecule has 6 nitrogen and oxygen atoms in total. The van der Waals surface area contributed by atoms with E-state index in [-0.39, 0.29) is 0 Å². The monoisotopic (exact) mass is 312 g/mol. The van der Waals surface area contributed by atoms with E-state index in [2.05, 4.69) is 0 Å². The standard InChI is InChI=1S/C12H10O6S2/c13-19(14,15)11-5-1-3-9(7-11)10-4-2-6-12(8-10)20(16,17)18/h1-8H,(H,13,14,15)(H,16,17,18)/p-2. The molecule has 8 heteroatoms. The highest BCUT2D eigenvalue weighted by atomic mass is 32.2. The number of hydrogen-bond acceptors (Lipinski definition) is 6. The van der Waals surface area contributed by atoms with Crippen molar-refractivity contribution in [3.05, 3.63) is 48.5 Å². The molecule has 2 aromatic rings. The lowest BCUT2D eigenvalue weighted by molar-refractivity contribution is 0.460. The molecular weight excluding hydrogens is 304 g/mol. The van der Waals surface area contributed by atoms with Gasteiger partial charge in [0.25, 0.3) is 0 Å². The summed E-state index contributed by atoms with van der Waals surface area (Å²) in [6.45, 7) is 0. The molecule has 0 unspecified atom stereocenters. The highest BCUT2D eigenvalue weighted by Crippen LogP contribution is 2.24. The Morgan fingerprint density at radius 1 is 0.650 bits per heavy atom. The van der Waals surface area contributed by atoms with E-state index in [1.165, 1.54) is 24.3 Å². The normalized spacial score (nSPS) is 12.3. The average molecular weight is 312 g/mol. The first-order chi connectivity index (χ1) is 9.18. The molecule has 0 aliphatic heterocycles. The van der Waals surface area contributed by atoms with Gasteiger partial charge in [-0.15, -0.1) is 0 Å². The van der Waals surface area contributed by atoms with Crippen molar-refractivity contribution in [2.75, 3.05) is 0 Å². The topological polar surface area (TPSA) is 114 Å². The Balaban J connectivity index is 2.58. The summed E-state index contributed by atoms with van der Waals surface area (Å²) in [5, 5.41) is 0. The smallest absolute Gasteiger partial charge is 0.124 e. The lowest BCUT2D eigenvalue weighted by Crippen LogP contribution is -1.99.